The van der Waals surface area contributed by atoms with E-state index in [0.717, 1.165) is 12.8 Å². The molecule has 3 amide bonds. The van der Waals surface area contributed by atoms with Crippen molar-refractivity contribution in [3.05, 3.63) is 34.4 Å². The monoisotopic (exact) mass is 440 g/mol. The topological polar surface area (TPSA) is 120 Å². The van der Waals surface area contributed by atoms with Crippen LogP contribution in [-0.4, -0.2) is 74.3 Å². The maximum atomic E-state index is 13.5. The molecule has 10 heteroatoms. The maximum Gasteiger partial charge on any atom is 0.347 e. The van der Waals surface area contributed by atoms with Gasteiger partial charge in [0.05, 0.1) is 12.0 Å². The van der Waals surface area contributed by atoms with Crippen molar-refractivity contribution in [3.8, 4) is 0 Å². The fourth-order valence-electron chi connectivity index (χ4n) is 5.55. The second kappa shape index (κ2) is 7.46. The summed E-state index contributed by atoms with van der Waals surface area (Å²) in [6.07, 6.45) is 3.79. The first-order chi connectivity index (χ1) is 15.2. The van der Waals surface area contributed by atoms with Crippen molar-refractivity contribution in [2.24, 2.45) is 17.3 Å². The molecule has 5 rings (SSSR count). The summed E-state index contributed by atoms with van der Waals surface area (Å²) in [6.45, 7) is 6.12. The number of hydrogen-bond acceptors (Lipinski definition) is 5. The van der Waals surface area contributed by atoms with E-state index in [1.54, 1.807) is 18.3 Å². The third-order valence-electron chi connectivity index (χ3n) is 7.38. The molecule has 0 aliphatic carbocycles. The van der Waals surface area contributed by atoms with Gasteiger partial charge in [-0.2, -0.15) is 5.10 Å². The molecule has 3 saturated heterocycles. The van der Waals surface area contributed by atoms with Gasteiger partial charge in [0.25, 0.3) is 5.91 Å². The van der Waals surface area contributed by atoms with Gasteiger partial charge in [-0.1, -0.05) is 13.8 Å². The van der Waals surface area contributed by atoms with Crippen LogP contribution < -0.4 is 11.0 Å². The molecule has 10 nitrogen and oxygen atoms in total. The molecule has 2 aromatic rings. The van der Waals surface area contributed by atoms with Gasteiger partial charge in [0, 0.05) is 44.4 Å². The van der Waals surface area contributed by atoms with E-state index in [0.29, 0.717) is 43.8 Å². The normalized spacial score (nSPS) is 27.3. The minimum atomic E-state index is -0.391. The predicted octanol–water partition coefficient (Wildman–Crippen LogP) is 0.248. The summed E-state index contributed by atoms with van der Waals surface area (Å²) in [5.74, 6) is -0.0607. The molecule has 3 aliphatic rings. The third kappa shape index (κ3) is 3.37. The van der Waals surface area contributed by atoms with E-state index < -0.39 is 5.41 Å². The highest BCUT2D eigenvalue weighted by Gasteiger charge is 2.48. The molecule has 3 aliphatic heterocycles. The fourth-order valence-corrected chi connectivity index (χ4v) is 5.55. The Balaban J connectivity index is 1.34. The Morgan fingerprint density at radius 2 is 2.03 bits per heavy atom. The van der Waals surface area contributed by atoms with Crippen molar-refractivity contribution < 1.29 is 14.4 Å². The van der Waals surface area contributed by atoms with Crippen LogP contribution in [0.5, 0.6) is 0 Å². The molecule has 0 aromatic carbocycles. The van der Waals surface area contributed by atoms with E-state index in [-0.39, 0.29) is 41.3 Å². The third-order valence-corrected chi connectivity index (χ3v) is 7.38. The van der Waals surface area contributed by atoms with Gasteiger partial charge < -0.3 is 15.1 Å². The summed E-state index contributed by atoms with van der Waals surface area (Å²) in [5, 5.41) is 9.16. The quantitative estimate of drug-likeness (QED) is 0.694. The van der Waals surface area contributed by atoms with Gasteiger partial charge in [0.15, 0.2) is 5.65 Å². The Kier molecular flexibility index (Phi) is 4.83. The molecule has 5 heterocycles. The largest absolute Gasteiger partial charge is 0.355 e. The minimum Gasteiger partial charge on any atom is -0.355 e. The minimum absolute atomic E-state index is 0.00892. The Morgan fingerprint density at radius 3 is 2.81 bits per heavy atom. The number of likely N-dealkylation sites (tertiary alicyclic amines) is 2. The van der Waals surface area contributed by atoms with E-state index >= 15 is 0 Å². The van der Waals surface area contributed by atoms with Crippen molar-refractivity contribution in [3.63, 3.8) is 0 Å². The number of carbonyl (C=O) groups excluding carboxylic acids is 3. The van der Waals surface area contributed by atoms with E-state index in [1.807, 2.05) is 23.6 Å². The number of aromatic amines is 1. The van der Waals surface area contributed by atoms with Crippen LogP contribution >= 0.6 is 0 Å². The molecule has 0 radical (unpaired) electrons. The van der Waals surface area contributed by atoms with Gasteiger partial charge in [0.1, 0.15) is 0 Å². The highest BCUT2D eigenvalue weighted by Crippen LogP contribution is 2.38. The Bertz CT molecular complexity index is 1150. The van der Waals surface area contributed by atoms with Gasteiger partial charge in [-0.3, -0.25) is 18.8 Å². The summed E-state index contributed by atoms with van der Waals surface area (Å²) in [4.78, 5) is 54.0. The lowest BCUT2D eigenvalue weighted by Gasteiger charge is -2.44. The molecule has 1 unspecified atom stereocenters. The van der Waals surface area contributed by atoms with Gasteiger partial charge in [-0.15, -0.1) is 0 Å². The second-order valence-electron chi connectivity index (χ2n) is 9.91. The van der Waals surface area contributed by atoms with Crippen LogP contribution in [0.4, 0.5) is 0 Å². The number of rotatable bonds is 2. The first kappa shape index (κ1) is 20.7. The molecular formula is C22H28N6O4. The van der Waals surface area contributed by atoms with Crippen molar-refractivity contribution in [2.45, 2.75) is 39.2 Å². The zero-order chi connectivity index (χ0) is 22.6. The number of amides is 3. The van der Waals surface area contributed by atoms with Crippen LogP contribution in [0.15, 0.2) is 23.1 Å². The average Bonchev–Trinajstić information content (AvgIpc) is 3.35. The zero-order valence-electron chi connectivity index (χ0n) is 18.3. The van der Waals surface area contributed by atoms with Crippen LogP contribution in [0.25, 0.3) is 5.65 Å². The molecule has 3 atom stereocenters. The number of nitrogens with one attached hydrogen (secondary N) is 2. The molecule has 2 aromatic heterocycles. The van der Waals surface area contributed by atoms with Crippen molar-refractivity contribution in [1.29, 1.82) is 0 Å². The number of piperidine rings is 2. The molecule has 0 bridgehead atoms. The number of fused-ring (bicyclic) bond motifs is 2. The lowest BCUT2D eigenvalue weighted by Crippen LogP contribution is -2.57. The molecule has 170 valence electrons. The van der Waals surface area contributed by atoms with Gasteiger partial charge >= 0.3 is 5.69 Å². The first-order valence-electron chi connectivity index (χ1n) is 11.2. The molecule has 0 spiro atoms. The summed E-state index contributed by atoms with van der Waals surface area (Å²) >= 11 is 0. The number of H-pyrrole nitrogens is 1. The zero-order valence-corrected chi connectivity index (χ0v) is 18.3. The van der Waals surface area contributed by atoms with Crippen LogP contribution in [0, 0.1) is 17.3 Å². The molecule has 0 saturated carbocycles. The van der Waals surface area contributed by atoms with E-state index in [2.05, 4.69) is 15.5 Å². The first-order valence-corrected chi connectivity index (χ1v) is 11.2. The van der Waals surface area contributed by atoms with Crippen LogP contribution in [0.3, 0.4) is 0 Å². The standard InChI is InChI=1S/C22H28N6O4/c1-22(2)9-18(29)23-10-15(22)20(31)27-6-3-4-14-11-26(12-16(14)27)19(30)13-5-7-28-17(8-13)24-25-21(28)32/h5,7-8,14-16H,3-4,6,9-12H2,1-2H3,(H,23,29)(H,25,32)/t14-,15?,16+/m0/s1. The number of aromatic nitrogens is 3. The number of pyridine rings is 1. The van der Waals surface area contributed by atoms with Crippen LogP contribution in [0.1, 0.15) is 43.5 Å². The van der Waals surface area contributed by atoms with Crippen molar-refractivity contribution in [1.82, 2.24) is 29.7 Å². The second-order valence-corrected chi connectivity index (χ2v) is 9.91. The summed E-state index contributed by atoms with van der Waals surface area (Å²) in [7, 11) is 0. The number of hydrogen-bond donors (Lipinski definition) is 2. The van der Waals surface area contributed by atoms with Gasteiger partial charge in [-0.05, 0) is 36.3 Å². The maximum absolute atomic E-state index is 13.5. The smallest absolute Gasteiger partial charge is 0.347 e. The average molecular weight is 441 g/mol. The van der Waals surface area contributed by atoms with Gasteiger partial charge in [-0.25, -0.2) is 9.89 Å². The fraction of sp³-hybridized carbons (Fsp3) is 0.591. The highest BCUT2D eigenvalue weighted by atomic mass is 16.2. The molecule has 2 N–H and O–H groups in total. The Labute approximate surface area is 184 Å². The Hall–Kier alpha value is -3.17. The van der Waals surface area contributed by atoms with Crippen molar-refractivity contribution >= 4 is 23.4 Å². The number of nitrogens with zero attached hydrogens (tertiary/aromatic N) is 4. The number of carbonyl (C=O) groups is 3. The summed E-state index contributed by atoms with van der Waals surface area (Å²) in [5.41, 5.74) is 0.138. The van der Waals surface area contributed by atoms with Gasteiger partial charge in [0.2, 0.25) is 11.8 Å². The SMILES string of the molecule is CC1(C)CC(=O)NCC1C(=O)N1CCC[C@H]2CN(C(=O)c3ccn4c(=O)[nH]nc4c3)C[C@H]21. The molecule has 3 fully saturated rings. The van der Waals surface area contributed by atoms with Crippen molar-refractivity contribution in [2.75, 3.05) is 26.2 Å². The molecule has 32 heavy (non-hydrogen) atoms. The lowest BCUT2D eigenvalue weighted by atomic mass is 9.72. The highest BCUT2D eigenvalue weighted by molar-refractivity contribution is 5.95. The summed E-state index contributed by atoms with van der Waals surface area (Å²) < 4.78 is 1.35. The summed E-state index contributed by atoms with van der Waals surface area (Å²) in [6, 6.07) is 3.23. The van der Waals surface area contributed by atoms with Crippen LogP contribution in [0.2, 0.25) is 0 Å². The van der Waals surface area contributed by atoms with E-state index in [9.17, 15) is 19.2 Å². The molecular weight excluding hydrogens is 412 g/mol. The lowest BCUT2D eigenvalue weighted by molar-refractivity contribution is -0.147. The van der Waals surface area contributed by atoms with E-state index in [4.69, 9.17) is 0 Å². The van der Waals surface area contributed by atoms with Crippen LogP contribution in [-0.2, 0) is 9.59 Å². The predicted molar refractivity (Wildman–Crippen MR) is 115 cm³/mol. The van der Waals surface area contributed by atoms with E-state index in [1.165, 1.54) is 4.40 Å². The Morgan fingerprint density at radius 1 is 1.22 bits per heavy atom.